The van der Waals surface area contributed by atoms with E-state index in [2.05, 4.69) is 15.0 Å². The molecular formula is C29H32F2N6O2. The molecule has 0 radical (unpaired) electrons. The van der Waals surface area contributed by atoms with Crippen LogP contribution < -0.4 is 0 Å². The number of carbonyl (C=O) groups is 1. The van der Waals surface area contributed by atoms with Crippen molar-refractivity contribution in [2.75, 3.05) is 33.4 Å². The second kappa shape index (κ2) is 11.5. The van der Waals surface area contributed by atoms with Crippen LogP contribution in [0.1, 0.15) is 29.2 Å². The SMILES string of the molecule is COCCN1C[C@@H](CC(=O)Cc2c(C)c(-c3cnn(C)c3)nn2-c2ccccc2)[C@H](c2cc(F)nc(F)c2)C1. The lowest BCUT2D eigenvalue weighted by Crippen LogP contribution is -2.25. The van der Waals surface area contributed by atoms with Crippen LogP contribution in [0.2, 0.25) is 0 Å². The molecule has 3 aromatic heterocycles. The first kappa shape index (κ1) is 26.8. The number of ketones is 1. The molecule has 0 N–H and O–H groups in total. The van der Waals surface area contributed by atoms with Gasteiger partial charge in [0.25, 0.3) is 0 Å². The average molecular weight is 535 g/mol. The fourth-order valence-corrected chi connectivity index (χ4v) is 5.54. The second-order valence-corrected chi connectivity index (χ2v) is 10.2. The highest BCUT2D eigenvalue weighted by Gasteiger charge is 2.36. The van der Waals surface area contributed by atoms with Gasteiger partial charge in [-0.05, 0) is 48.2 Å². The van der Waals surface area contributed by atoms with Crippen LogP contribution in [-0.4, -0.2) is 68.6 Å². The first-order valence-corrected chi connectivity index (χ1v) is 13.0. The number of methoxy groups -OCH3 is 1. The topological polar surface area (TPSA) is 78.1 Å². The number of Topliss-reactive ketones (excluding diaryl/α,β-unsaturated/α-hetero) is 1. The smallest absolute Gasteiger partial charge is 0.215 e. The van der Waals surface area contributed by atoms with Crippen LogP contribution in [0, 0.1) is 24.7 Å². The minimum atomic E-state index is -0.851. The molecule has 1 aromatic carbocycles. The normalized spacial score (nSPS) is 17.7. The standard InChI is InChI=1S/C29H32F2N6O2/c1-19-26(37(23-7-5-4-6-8-23)34-29(19)22-15-32-35(2)16-22)14-24(38)11-21-17-36(9-10-39-3)18-25(21)20-12-27(30)33-28(31)13-20/h4-8,12-13,15-16,21,25H,9-11,14,17-18H2,1-3H3/t21-,25+/m1/s1. The van der Waals surface area contributed by atoms with Crippen molar-refractivity contribution in [2.24, 2.45) is 13.0 Å². The molecule has 1 fully saturated rings. The van der Waals surface area contributed by atoms with E-state index in [1.165, 1.54) is 12.1 Å². The van der Waals surface area contributed by atoms with Crippen molar-refractivity contribution >= 4 is 5.78 Å². The van der Waals surface area contributed by atoms with Crippen molar-refractivity contribution in [2.45, 2.75) is 25.7 Å². The minimum absolute atomic E-state index is 0.0477. The summed E-state index contributed by atoms with van der Waals surface area (Å²) in [6, 6.07) is 12.3. The number of hydrogen-bond acceptors (Lipinski definition) is 6. The van der Waals surface area contributed by atoms with E-state index in [9.17, 15) is 13.6 Å². The summed E-state index contributed by atoms with van der Waals surface area (Å²) < 4.78 is 36.8. The molecule has 1 saturated heterocycles. The molecule has 0 amide bonds. The Balaban J connectivity index is 1.42. The Hall–Kier alpha value is -3.76. The fourth-order valence-electron chi connectivity index (χ4n) is 5.54. The molecule has 1 aliphatic heterocycles. The summed E-state index contributed by atoms with van der Waals surface area (Å²) in [5.41, 5.74) is 4.79. The summed E-state index contributed by atoms with van der Waals surface area (Å²) >= 11 is 0. The highest BCUT2D eigenvalue weighted by Crippen LogP contribution is 2.36. The number of ether oxygens (including phenoxy) is 1. The van der Waals surface area contributed by atoms with E-state index in [4.69, 9.17) is 9.84 Å². The van der Waals surface area contributed by atoms with Gasteiger partial charge in [0.05, 0.1) is 29.9 Å². The Bertz CT molecular complexity index is 1430. The van der Waals surface area contributed by atoms with Crippen LogP contribution in [0.4, 0.5) is 8.78 Å². The van der Waals surface area contributed by atoms with E-state index in [0.29, 0.717) is 31.8 Å². The maximum atomic E-state index is 14.0. The van der Waals surface area contributed by atoms with Crippen molar-refractivity contribution in [3.8, 4) is 16.9 Å². The van der Waals surface area contributed by atoms with E-state index in [1.807, 2.05) is 55.2 Å². The summed E-state index contributed by atoms with van der Waals surface area (Å²) in [6.45, 7) is 4.44. The summed E-state index contributed by atoms with van der Waals surface area (Å²) in [5, 5.41) is 9.16. The molecular weight excluding hydrogens is 502 g/mol. The van der Waals surface area contributed by atoms with Crippen LogP contribution >= 0.6 is 0 Å². The van der Waals surface area contributed by atoms with Crippen LogP contribution in [0.3, 0.4) is 0 Å². The zero-order valence-electron chi connectivity index (χ0n) is 22.3. The number of halogens is 2. The van der Waals surface area contributed by atoms with Gasteiger partial charge in [-0.3, -0.25) is 9.48 Å². The Kier molecular flexibility index (Phi) is 7.94. The number of para-hydroxylation sites is 1. The van der Waals surface area contributed by atoms with Gasteiger partial charge >= 0.3 is 0 Å². The highest BCUT2D eigenvalue weighted by atomic mass is 19.1. The number of aryl methyl sites for hydroxylation is 1. The van der Waals surface area contributed by atoms with Crippen LogP contribution in [0.15, 0.2) is 54.9 Å². The number of carbonyl (C=O) groups excluding carboxylic acids is 1. The predicted octanol–water partition coefficient (Wildman–Crippen LogP) is 4.12. The van der Waals surface area contributed by atoms with Gasteiger partial charge in [-0.25, -0.2) is 4.68 Å². The Labute approximate surface area is 226 Å². The maximum absolute atomic E-state index is 14.0. The molecule has 8 nitrogen and oxygen atoms in total. The maximum Gasteiger partial charge on any atom is 0.215 e. The van der Waals surface area contributed by atoms with Gasteiger partial charge in [0.15, 0.2) is 0 Å². The van der Waals surface area contributed by atoms with Gasteiger partial charge in [-0.15, -0.1) is 0 Å². The zero-order chi connectivity index (χ0) is 27.5. The molecule has 4 heterocycles. The van der Waals surface area contributed by atoms with E-state index >= 15 is 0 Å². The number of aromatic nitrogens is 5. The second-order valence-electron chi connectivity index (χ2n) is 10.2. The van der Waals surface area contributed by atoms with Crippen molar-refractivity contribution in [1.82, 2.24) is 29.4 Å². The average Bonchev–Trinajstić information content (AvgIpc) is 3.60. The zero-order valence-corrected chi connectivity index (χ0v) is 22.3. The first-order valence-electron chi connectivity index (χ1n) is 13.0. The Morgan fingerprint density at radius 1 is 1.13 bits per heavy atom. The first-order chi connectivity index (χ1) is 18.8. The molecule has 0 saturated carbocycles. The molecule has 0 spiro atoms. The van der Waals surface area contributed by atoms with Crippen LogP contribution in [0.5, 0.6) is 0 Å². The van der Waals surface area contributed by atoms with Gasteiger partial charge < -0.3 is 9.64 Å². The van der Waals surface area contributed by atoms with Crippen molar-refractivity contribution in [1.29, 1.82) is 0 Å². The molecule has 10 heteroatoms. The van der Waals surface area contributed by atoms with Crippen LogP contribution in [-0.2, 0) is 23.0 Å². The molecule has 0 unspecified atom stereocenters. The van der Waals surface area contributed by atoms with Gasteiger partial charge in [0.2, 0.25) is 11.9 Å². The third-order valence-corrected chi connectivity index (χ3v) is 7.42. The quantitative estimate of drug-likeness (QED) is 0.285. The lowest BCUT2D eigenvalue weighted by atomic mass is 9.85. The molecule has 39 heavy (non-hydrogen) atoms. The molecule has 0 aliphatic carbocycles. The third kappa shape index (κ3) is 5.97. The van der Waals surface area contributed by atoms with Gasteiger partial charge in [-0.2, -0.15) is 24.0 Å². The minimum Gasteiger partial charge on any atom is -0.383 e. The fraction of sp³-hybridized carbons (Fsp3) is 0.379. The van der Waals surface area contributed by atoms with Gasteiger partial charge in [0, 0.05) is 64.3 Å². The summed E-state index contributed by atoms with van der Waals surface area (Å²) in [5.74, 6) is -1.94. The molecule has 1 aliphatic rings. The summed E-state index contributed by atoms with van der Waals surface area (Å²) in [7, 11) is 3.49. The monoisotopic (exact) mass is 534 g/mol. The predicted molar refractivity (Wildman–Crippen MR) is 143 cm³/mol. The number of pyridine rings is 1. The van der Waals surface area contributed by atoms with E-state index in [0.717, 1.165) is 28.2 Å². The van der Waals surface area contributed by atoms with Crippen molar-refractivity contribution in [3.63, 3.8) is 0 Å². The number of hydrogen-bond donors (Lipinski definition) is 0. The lowest BCUT2D eigenvalue weighted by Gasteiger charge is -2.18. The van der Waals surface area contributed by atoms with E-state index < -0.39 is 11.9 Å². The number of benzene rings is 1. The van der Waals surface area contributed by atoms with Gasteiger partial charge in [0.1, 0.15) is 5.78 Å². The lowest BCUT2D eigenvalue weighted by molar-refractivity contribution is -0.119. The molecule has 5 rings (SSSR count). The third-order valence-electron chi connectivity index (χ3n) is 7.42. The number of likely N-dealkylation sites (tertiary alicyclic amines) is 1. The summed E-state index contributed by atoms with van der Waals surface area (Å²) in [6.07, 6.45) is 4.14. The largest absolute Gasteiger partial charge is 0.383 e. The van der Waals surface area contributed by atoms with Crippen molar-refractivity contribution in [3.05, 3.63) is 83.6 Å². The Morgan fingerprint density at radius 3 is 2.54 bits per heavy atom. The number of rotatable bonds is 10. The highest BCUT2D eigenvalue weighted by molar-refractivity contribution is 5.82. The summed E-state index contributed by atoms with van der Waals surface area (Å²) in [4.78, 5) is 19.1. The molecule has 204 valence electrons. The van der Waals surface area contributed by atoms with Crippen LogP contribution in [0.25, 0.3) is 16.9 Å². The molecule has 4 aromatic rings. The van der Waals surface area contributed by atoms with E-state index in [1.54, 1.807) is 18.0 Å². The van der Waals surface area contributed by atoms with Gasteiger partial charge in [-0.1, -0.05) is 18.2 Å². The van der Waals surface area contributed by atoms with E-state index in [-0.39, 0.29) is 30.5 Å². The molecule has 0 bridgehead atoms. The number of nitrogens with zero attached hydrogens (tertiary/aromatic N) is 6. The Morgan fingerprint density at radius 2 is 1.87 bits per heavy atom. The molecule has 2 atom stereocenters. The van der Waals surface area contributed by atoms with Crippen molar-refractivity contribution < 1.29 is 18.3 Å².